The molecule has 4 aromatic rings. The second kappa shape index (κ2) is 16.3. The highest BCUT2D eigenvalue weighted by Crippen LogP contribution is 2.28. The smallest absolute Gasteiger partial charge is 0.252 e. The highest BCUT2D eigenvalue weighted by Gasteiger charge is 2.26. The van der Waals surface area contributed by atoms with Crippen molar-refractivity contribution in [1.82, 2.24) is 25.1 Å². The molecule has 246 valence electrons. The lowest BCUT2D eigenvalue weighted by Gasteiger charge is -2.33. The minimum atomic E-state index is -0.633. The Morgan fingerprint density at radius 3 is 2.57 bits per heavy atom. The van der Waals surface area contributed by atoms with E-state index in [4.69, 9.17) is 9.72 Å². The van der Waals surface area contributed by atoms with E-state index in [1.54, 1.807) is 11.3 Å². The number of amides is 2. The summed E-state index contributed by atoms with van der Waals surface area (Å²) in [6.07, 6.45) is 4.07. The quantitative estimate of drug-likeness (QED) is 0.152. The molecule has 0 bridgehead atoms. The molecule has 2 N–H and O–H groups in total. The molecule has 5 rings (SSSR count). The van der Waals surface area contributed by atoms with Gasteiger partial charge in [0.1, 0.15) is 11.9 Å². The first-order valence-corrected chi connectivity index (χ1v) is 17.7. The van der Waals surface area contributed by atoms with Crippen molar-refractivity contribution in [3.8, 4) is 0 Å². The summed E-state index contributed by atoms with van der Waals surface area (Å²) in [6, 6.07) is 20.1. The summed E-state index contributed by atoms with van der Waals surface area (Å²) in [7, 11) is 0. The van der Waals surface area contributed by atoms with Crippen molar-refractivity contribution >= 4 is 34.2 Å². The fourth-order valence-corrected chi connectivity index (χ4v) is 6.98. The Balaban J connectivity index is 1.26. The zero-order valence-electron chi connectivity index (χ0n) is 27.7. The van der Waals surface area contributed by atoms with Gasteiger partial charge in [0.15, 0.2) is 0 Å². The number of thiophene rings is 1. The molecule has 2 unspecified atom stereocenters. The monoisotopic (exact) mass is 643 g/mol. The van der Waals surface area contributed by atoms with Gasteiger partial charge in [-0.1, -0.05) is 64.1 Å². The van der Waals surface area contributed by atoms with Crippen LogP contribution in [0.15, 0.2) is 66.0 Å². The standard InChI is InChI=1S/C37H49N5O3S/c1-5-29(6-2)42-34-17-15-28(21-33(34)39-35(42)22-31-13-10-20-46-31)36(43)40-32(16-14-26(3)4)37(44)38-23-30-25-41(18-19-45-30)24-27-11-8-7-9-12-27/h7-13,15,17,20-21,26,29-30,32H,5-6,14,16,18-19,22-25H2,1-4H3,(H,38,44)(H,40,43). The van der Waals surface area contributed by atoms with Crippen LogP contribution in [0.3, 0.4) is 0 Å². The summed E-state index contributed by atoms with van der Waals surface area (Å²) in [5.41, 5.74) is 3.63. The van der Waals surface area contributed by atoms with Crippen LogP contribution >= 0.6 is 11.3 Å². The van der Waals surface area contributed by atoms with Crippen LogP contribution in [0.5, 0.6) is 0 Å². The van der Waals surface area contributed by atoms with Crippen LogP contribution in [0.1, 0.15) is 86.0 Å². The first-order valence-electron chi connectivity index (χ1n) is 16.8. The van der Waals surface area contributed by atoms with Crippen molar-refractivity contribution in [3.63, 3.8) is 0 Å². The van der Waals surface area contributed by atoms with Crippen LogP contribution in [0.4, 0.5) is 0 Å². The molecule has 46 heavy (non-hydrogen) atoms. The van der Waals surface area contributed by atoms with Crippen molar-refractivity contribution in [2.24, 2.45) is 5.92 Å². The van der Waals surface area contributed by atoms with Crippen LogP contribution in [0.25, 0.3) is 11.0 Å². The molecule has 0 radical (unpaired) electrons. The molecule has 0 aliphatic carbocycles. The number of nitrogens with one attached hydrogen (secondary N) is 2. The van der Waals surface area contributed by atoms with Gasteiger partial charge in [-0.15, -0.1) is 11.3 Å². The van der Waals surface area contributed by atoms with Crippen molar-refractivity contribution in [1.29, 1.82) is 0 Å². The molecule has 8 nitrogen and oxygen atoms in total. The fraction of sp³-hybridized carbons (Fsp3) is 0.486. The average molecular weight is 644 g/mol. The number of morpholine rings is 1. The highest BCUT2D eigenvalue weighted by molar-refractivity contribution is 7.09. The number of carbonyl (C=O) groups excluding carboxylic acids is 2. The van der Waals surface area contributed by atoms with Gasteiger partial charge in [-0.3, -0.25) is 14.5 Å². The number of carbonyl (C=O) groups is 2. The third-order valence-corrected chi connectivity index (χ3v) is 9.75. The number of hydrogen-bond donors (Lipinski definition) is 2. The Morgan fingerprint density at radius 2 is 1.85 bits per heavy atom. The molecule has 9 heteroatoms. The number of benzene rings is 2. The van der Waals surface area contributed by atoms with Gasteiger partial charge in [0.25, 0.3) is 5.91 Å². The first-order chi connectivity index (χ1) is 22.3. The summed E-state index contributed by atoms with van der Waals surface area (Å²) in [6.45, 7) is 12.2. The molecule has 1 saturated heterocycles. The third kappa shape index (κ3) is 8.84. The minimum Gasteiger partial charge on any atom is -0.374 e. The van der Waals surface area contributed by atoms with E-state index in [1.807, 2.05) is 24.3 Å². The van der Waals surface area contributed by atoms with Crippen LogP contribution in [0, 0.1) is 5.92 Å². The van der Waals surface area contributed by atoms with E-state index < -0.39 is 6.04 Å². The largest absolute Gasteiger partial charge is 0.374 e. The molecular weight excluding hydrogens is 595 g/mol. The van der Waals surface area contributed by atoms with E-state index in [0.29, 0.717) is 37.1 Å². The summed E-state index contributed by atoms with van der Waals surface area (Å²) in [4.78, 5) is 35.7. The zero-order valence-corrected chi connectivity index (χ0v) is 28.5. The van der Waals surface area contributed by atoms with E-state index in [-0.39, 0.29) is 17.9 Å². The Labute approximate surface area is 277 Å². The van der Waals surface area contributed by atoms with Crippen LogP contribution in [-0.4, -0.2) is 64.7 Å². The summed E-state index contributed by atoms with van der Waals surface area (Å²) in [5.74, 6) is 0.999. The van der Waals surface area contributed by atoms with Gasteiger partial charge >= 0.3 is 0 Å². The zero-order chi connectivity index (χ0) is 32.5. The van der Waals surface area contributed by atoms with E-state index >= 15 is 0 Å². The third-order valence-electron chi connectivity index (χ3n) is 8.88. The lowest BCUT2D eigenvalue weighted by atomic mass is 10.0. The predicted molar refractivity (Wildman–Crippen MR) is 186 cm³/mol. The number of hydrogen-bond acceptors (Lipinski definition) is 6. The van der Waals surface area contributed by atoms with Gasteiger partial charge in [-0.05, 0) is 66.8 Å². The fourth-order valence-electron chi connectivity index (χ4n) is 6.28. The SMILES string of the molecule is CCC(CC)n1c(Cc2cccs2)nc2cc(C(=O)NC(CCC(C)C)C(=O)NCC3CN(Cc4ccccc4)CCO3)ccc21. The molecule has 3 heterocycles. The van der Waals surface area contributed by atoms with Gasteiger partial charge < -0.3 is 19.9 Å². The second-order valence-electron chi connectivity index (χ2n) is 12.8. The lowest BCUT2D eigenvalue weighted by molar-refractivity contribution is -0.124. The van der Waals surface area contributed by atoms with Gasteiger partial charge in [0.2, 0.25) is 5.91 Å². The average Bonchev–Trinajstić information content (AvgIpc) is 3.70. The molecular formula is C37H49N5O3S. The maximum atomic E-state index is 13.6. The maximum absolute atomic E-state index is 13.6. The minimum absolute atomic E-state index is 0.0983. The van der Waals surface area contributed by atoms with Crippen LogP contribution in [0.2, 0.25) is 0 Å². The lowest BCUT2D eigenvalue weighted by Crippen LogP contribution is -2.51. The Morgan fingerprint density at radius 1 is 1.04 bits per heavy atom. The number of ether oxygens (including phenoxy) is 1. The number of aromatic nitrogens is 2. The van der Waals surface area contributed by atoms with Crippen molar-refractivity contribution in [3.05, 3.63) is 87.9 Å². The van der Waals surface area contributed by atoms with Gasteiger partial charge in [-0.2, -0.15) is 0 Å². The molecule has 0 saturated carbocycles. The van der Waals surface area contributed by atoms with Crippen LogP contribution in [-0.2, 0) is 22.5 Å². The normalized spacial score (nSPS) is 16.3. The van der Waals surface area contributed by atoms with E-state index in [2.05, 4.69) is 89.6 Å². The van der Waals surface area contributed by atoms with Crippen molar-refractivity contribution < 1.29 is 14.3 Å². The molecule has 1 aliphatic heterocycles. The van der Waals surface area contributed by atoms with Gasteiger partial charge in [0, 0.05) is 49.1 Å². The number of nitrogens with zero attached hydrogens (tertiary/aromatic N) is 3. The summed E-state index contributed by atoms with van der Waals surface area (Å²) in [5, 5.41) is 8.23. The number of imidazole rings is 1. The van der Waals surface area contributed by atoms with Gasteiger partial charge in [0.05, 0.1) is 23.7 Å². The van der Waals surface area contributed by atoms with Gasteiger partial charge in [-0.25, -0.2) is 4.98 Å². The molecule has 1 aliphatic rings. The number of rotatable bonds is 15. The first kappa shape index (κ1) is 33.8. The summed E-state index contributed by atoms with van der Waals surface area (Å²) < 4.78 is 8.34. The predicted octanol–water partition coefficient (Wildman–Crippen LogP) is 6.60. The Bertz CT molecular complexity index is 1550. The molecule has 2 amide bonds. The van der Waals surface area contributed by atoms with E-state index in [1.165, 1.54) is 10.4 Å². The highest BCUT2D eigenvalue weighted by atomic mass is 32.1. The summed E-state index contributed by atoms with van der Waals surface area (Å²) >= 11 is 1.73. The molecule has 0 spiro atoms. The second-order valence-corrected chi connectivity index (χ2v) is 13.8. The van der Waals surface area contributed by atoms with E-state index in [9.17, 15) is 9.59 Å². The van der Waals surface area contributed by atoms with Crippen molar-refractivity contribution in [2.75, 3.05) is 26.2 Å². The molecule has 2 aromatic carbocycles. The Kier molecular flexibility index (Phi) is 12.0. The Hall–Kier alpha value is -3.53. The molecule has 2 aromatic heterocycles. The topological polar surface area (TPSA) is 88.5 Å². The number of fused-ring (bicyclic) bond motifs is 1. The van der Waals surface area contributed by atoms with Crippen molar-refractivity contribution in [2.45, 2.75) is 84.5 Å². The van der Waals surface area contributed by atoms with E-state index in [0.717, 1.165) is 62.2 Å². The molecule has 1 fully saturated rings. The maximum Gasteiger partial charge on any atom is 0.252 e. The van der Waals surface area contributed by atoms with Crippen LogP contribution < -0.4 is 10.6 Å². The molecule has 2 atom stereocenters.